The quantitative estimate of drug-likeness (QED) is 0.741. The summed E-state index contributed by atoms with van der Waals surface area (Å²) in [7, 11) is 0. The summed E-state index contributed by atoms with van der Waals surface area (Å²) < 4.78 is 0. The SMILES string of the molecule is CCCNCC(C)c1c(C)nc(CSCC)nc1C. The number of rotatable bonds is 8. The van der Waals surface area contributed by atoms with E-state index in [9.17, 15) is 0 Å². The van der Waals surface area contributed by atoms with Gasteiger partial charge in [0, 0.05) is 17.9 Å². The highest BCUT2D eigenvalue weighted by Crippen LogP contribution is 2.21. The predicted octanol–water partition coefficient (Wildman–Crippen LogP) is 3.45. The Morgan fingerprint density at radius 3 is 2.32 bits per heavy atom. The molecule has 1 unspecified atom stereocenters. The zero-order valence-electron chi connectivity index (χ0n) is 12.9. The molecule has 1 atom stereocenters. The zero-order valence-corrected chi connectivity index (χ0v) is 13.7. The number of hydrogen-bond acceptors (Lipinski definition) is 4. The third-order valence-electron chi connectivity index (χ3n) is 3.18. The summed E-state index contributed by atoms with van der Waals surface area (Å²) in [5.41, 5.74) is 3.60. The number of aromatic nitrogens is 2. The Bertz CT molecular complexity index is 370. The smallest absolute Gasteiger partial charge is 0.138 e. The van der Waals surface area contributed by atoms with Gasteiger partial charge in [0.2, 0.25) is 0 Å². The lowest BCUT2D eigenvalue weighted by Crippen LogP contribution is -2.22. The molecule has 1 rings (SSSR count). The van der Waals surface area contributed by atoms with E-state index in [1.54, 1.807) is 0 Å². The fourth-order valence-electron chi connectivity index (χ4n) is 2.36. The van der Waals surface area contributed by atoms with Crippen LogP contribution < -0.4 is 5.32 Å². The molecule has 0 aliphatic rings. The highest BCUT2D eigenvalue weighted by molar-refractivity contribution is 7.98. The van der Waals surface area contributed by atoms with Crippen LogP contribution in [0.1, 0.15) is 55.9 Å². The second-order valence-electron chi connectivity index (χ2n) is 4.97. The first kappa shape index (κ1) is 16.4. The molecule has 1 aromatic rings. The van der Waals surface area contributed by atoms with Crippen LogP contribution in [-0.4, -0.2) is 28.8 Å². The van der Waals surface area contributed by atoms with Crippen LogP contribution in [0.15, 0.2) is 0 Å². The summed E-state index contributed by atoms with van der Waals surface area (Å²) in [5.74, 6) is 3.47. The van der Waals surface area contributed by atoms with Crippen molar-refractivity contribution in [3.05, 3.63) is 22.8 Å². The van der Waals surface area contributed by atoms with Crippen molar-refractivity contribution in [1.29, 1.82) is 0 Å². The highest BCUT2D eigenvalue weighted by atomic mass is 32.2. The molecule has 108 valence electrons. The van der Waals surface area contributed by atoms with Crippen LogP contribution >= 0.6 is 11.8 Å². The molecule has 4 heteroatoms. The largest absolute Gasteiger partial charge is 0.316 e. The van der Waals surface area contributed by atoms with Gasteiger partial charge in [0.25, 0.3) is 0 Å². The fourth-order valence-corrected chi connectivity index (χ4v) is 2.88. The molecule has 0 spiro atoms. The van der Waals surface area contributed by atoms with E-state index in [1.807, 2.05) is 11.8 Å². The molecule has 1 N–H and O–H groups in total. The molecule has 0 saturated carbocycles. The van der Waals surface area contributed by atoms with Crippen LogP contribution in [0, 0.1) is 13.8 Å². The van der Waals surface area contributed by atoms with E-state index in [1.165, 1.54) is 12.0 Å². The molecule has 0 amide bonds. The van der Waals surface area contributed by atoms with Gasteiger partial charge in [-0.1, -0.05) is 20.8 Å². The minimum Gasteiger partial charge on any atom is -0.316 e. The molecule has 0 aliphatic carbocycles. The van der Waals surface area contributed by atoms with Crippen LogP contribution in [0.3, 0.4) is 0 Å². The van der Waals surface area contributed by atoms with Crippen molar-refractivity contribution in [1.82, 2.24) is 15.3 Å². The summed E-state index contributed by atoms with van der Waals surface area (Å²) in [6.45, 7) is 12.9. The number of aryl methyl sites for hydroxylation is 2. The van der Waals surface area contributed by atoms with Crippen molar-refractivity contribution < 1.29 is 0 Å². The number of nitrogens with one attached hydrogen (secondary N) is 1. The maximum atomic E-state index is 4.66. The Morgan fingerprint density at radius 2 is 1.79 bits per heavy atom. The minimum atomic E-state index is 0.472. The minimum absolute atomic E-state index is 0.472. The van der Waals surface area contributed by atoms with Gasteiger partial charge in [-0.05, 0) is 44.0 Å². The van der Waals surface area contributed by atoms with Gasteiger partial charge in [0.05, 0.1) is 5.75 Å². The third-order valence-corrected chi connectivity index (χ3v) is 4.05. The summed E-state index contributed by atoms with van der Waals surface area (Å²) in [6, 6.07) is 0. The van der Waals surface area contributed by atoms with Gasteiger partial charge in [-0.2, -0.15) is 11.8 Å². The molecule has 0 fully saturated rings. The summed E-state index contributed by atoms with van der Waals surface area (Å²) in [4.78, 5) is 9.32. The van der Waals surface area contributed by atoms with Crippen LogP contribution in [0.5, 0.6) is 0 Å². The van der Waals surface area contributed by atoms with Crippen molar-refractivity contribution in [2.45, 2.75) is 52.7 Å². The van der Waals surface area contributed by atoms with Gasteiger partial charge in [-0.15, -0.1) is 0 Å². The lowest BCUT2D eigenvalue weighted by atomic mass is 9.98. The van der Waals surface area contributed by atoms with Crippen molar-refractivity contribution in [3.8, 4) is 0 Å². The standard InChI is InChI=1S/C15H27N3S/c1-6-8-16-9-11(3)15-12(4)17-14(10-19-7-2)18-13(15)5/h11,16H,6-10H2,1-5H3. The van der Waals surface area contributed by atoms with Crippen LogP contribution in [0.4, 0.5) is 0 Å². The molecular formula is C15H27N3S. The molecule has 3 nitrogen and oxygen atoms in total. The summed E-state index contributed by atoms with van der Waals surface area (Å²) in [5, 5.41) is 3.48. The number of hydrogen-bond donors (Lipinski definition) is 1. The van der Waals surface area contributed by atoms with E-state index in [-0.39, 0.29) is 0 Å². The van der Waals surface area contributed by atoms with Crippen molar-refractivity contribution >= 4 is 11.8 Å². The van der Waals surface area contributed by atoms with Gasteiger partial charge in [-0.3, -0.25) is 0 Å². The second-order valence-corrected chi connectivity index (χ2v) is 6.24. The lowest BCUT2D eigenvalue weighted by Gasteiger charge is -2.17. The maximum Gasteiger partial charge on any atom is 0.138 e. The topological polar surface area (TPSA) is 37.8 Å². The van der Waals surface area contributed by atoms with Crippen LogP contribution in [0.2, 0.25) is 0 Å². The lowest BCUT2D eigenvalue weighted by molar-refractivity contribution is 0.600. The van der Waals surface area contributed by atoms with E-state index >= 15 is 0 Å². The molecule has 0 saturated heterocycles. The Labute approximate surface area is 122 Å². The van der Waals surface area contributed by atoms with Gasteiger partial charge < -0.3 is 5.32 Å². The van der Waals surface area contributed by atoms with Crippen molar-refractivity contribution in [2.24, 2.45) is 0 Å². The van der Waals surface area contributed by atoms with E-state index in [2.05, 4.69) is 49.9 Å². The highest BCUT2D eigenvalue weighted by Gasteiger charge is 2.14. The Hall–Kier alpha value is -0.610. The Kier molecular flexibility index (Phi) is 7.39. The molecule has 0 aromatic carbocycles. The second kappa shape index (κ2) is 8.54. The Morgan fingerprint density at radius 1 is 1.16 bits per heavy atom. The first-order valence-electron chi connectivity index (χ1n) is 7.22. The molecule has 0 radical (unpaired) electrons. The Balaban J connectivity index is 2.78. The zero-order chi connectivity index (χ0) is 14.3. The molecule has 0 bridgehead atoms. The molecular weight excluding hydrogens is 254 g/mol. The molecule has 1 heterocycles. The van der Waals surface area contributed by atoms with Crippen molar-refractivity contribution in [3.63, 3.8) is 0 Å². The van der Waals surface area contributed by atoms with Crippen LogP contribution in [0.25, 0.3) is 0 Å². The summed E-state index contributed by atoms with van der Waals surface area (Å²) >= 11 is 1.87. The van der Waals surface area contributed by atoms with E-state index in [0.29, 0.717) is 5.92 Å². The van der Waals surface area contributed by atoms with Gasteiger partial charge in [0.15, 0.2) is 0 Å². The fraction of sp³-hybridized carbons (Fsp3) is 0.733. The van der Waals surface area contributed by atoms with E-state index in [0.717, 1.165) is 41.8 Å². The van der Waals surface area contributed by atoms with Crippen molar-refractivity contribution in [2.75, 3.05) is 18.8 Å². The molecule has 0 aliphatic heterocycles. The normalized spacial score (nSPS) is 12.7. The number of thioether (sulfide) groups is 1. The predicted molar refractivity (Wildman–Crippen MR) is 84.9 cm³/mol. The first-order chi connectivity index (χ1) is 9.10. The van der Waals surface area contributed by atoms with Gasteiger partial charge in [0.1, 0.15) is 5.82 Å². The number of nitrogens with zero attached hydrogens (tertiary/aromatic N) is 2. The van der Waals surface area contributed by atoms with E-state index < -0.39 is 0 Å². The molecule has 1 aromatic heterocycles. The van der Waals surface area contributed by atoms with Crippen LogP contribution in [-0.2, 0) is 5.75 Å². The molecule has 19 heavy (non-hydrogen) atoms. The first-order valence-corrected chi connectivity index (χ1v) is 8.38. The van der Waals surface area contributed by atoms with Gasteiger partial charge >= 0.3 is 0 Å². The van der Waals surface area contributed by atoms with Gasteiger partial charge in [-0.25, -0.2) is 9.97 Å². The monoisotopic (exact) mass is 281 g/mol. The maximum absolute atomic E-state index is 4.66. The third kappa shape index (κ3) is 5.11. The average molecular weight is 281 g/mol. The average Bonchev–Trinajstić information content (AvgIpc) is 2.36. The van der Waals surface area contributed by atoms with E-state index in [4.69, 9.17) is 0 Å². The summed E-state index contributed by atoms with van der Waals surface area (Å²) in [6.07, 6.45) is 1.17.